The van der Waals surface area contributed by atoms with E-state index in [-0.39, 0.29) is 5.41 Å². The highest BCUT2D eigenvalue weighted by atomic mass is 14.4. The first kappa shape index (κ1) is 12.9. The summed E-state index contributed by atoms with van der Waals surface area (Å²) in [5.74, 6) is 0. The van der Waals surface area contributed by atoms with Crippen molar-refractivity contribution in [2.45, 2.75) is 26.2 Å². The second-order valence-corrected chi connectivity index (χ2v) is 5.92. The van der Waals surface area contributed by atoms with Gasteiger partial charge in [-0.1, -0.05) is 75.0 Å². The summed E-state index contributed by atoms with van der Waals surface area (Å²) >= 11 is 0. The van der Waals surface area contributed by atoms with Gasteiger partial charge in [-0.25, -0.2) is 0 Å². The molecule has 0 saturated carbocycles. The Labute approximate surface area is 121 Å². The van der Waals surface area contributed by atoms with Gasteiger partial charge in [0.2, 0.25) is 0 Å². The average molecular weight is 260 g/mol. The summed E-state index contributed by atoms with van der Waals surface area (Å²) in [5, 5.41) is 0. The van der Waals surface area contributed by atoms with Crippen molar-refractivity contribution in [2.75, 3.05) is 0 Å². The van der Waals surface area contributed by atoms with Crippen LogP contribution in [0.15, 0.2) is 61.2 Å². The van der Waals surface area contributed by atoms with Crippen LogP contribution >= 0.6 is 0 Å². The first-order valence-corrected chi connectivity index (χ1v) is 7.12. The van der Waals surface area contributed by atoms with E-state index in [1.807, 2.05) is 6.92 Å². The first-order valence-electron chi connectivity index (χ1n) is 7.12. The molecule has 0 heterocycles. The minimum atomic E-state index is 0.0348. The molecule has 0 nitrogen and oxygen atoms in total. The lowest BCUT2D eigenvalue weighted by Crippen LogP contribution is -2.16. The van der Waals surface area contributed by atoms with Crippen LogP contribution in [0.3, 0.4) is 0 Å². The highest BCUT2D eigenvalue weighted by molar-refractivity contribution is 5.88. The number of benzene rings is 2. The summed E-state index contributed by atoms with van der Waals surface area (Å²) in [6.45, 7) is 10.9. The number of hydrogen-bond acceptors (Lipinski definition) is 0. The average Bonchev–Trinajstić information content (AvgIpc) is 2.69. The van der Waals surface area contributed by atoms with Gasteiger partial charge in [0.1, 0.15) is 0 Å². The molecule has 20 heavy (non-hydrogen) atoms. The van der Waals surface area contributed by atoms with Crippen molar-refractivity contribution in [3.8, 4) is 11.1 Å². The van der Waals surface area contributed by atoms with Gasteiger partial charge in [0.05, 0.1) is 0 Å². The van der Waals surface area contributed by atoms with E-state index >= 15 is 0 Å². The Hall–Kier alpha value is -2.08. The molecule has 2 aromatic rings. The Kier molecular flexibility index (Phi) is 2.90. The number of fused-ring (bicyclic) bond motifs is 3. The lowest BCUT2D eigenvalue weighted by molar-refractivity contribution is 0.658. The largest absolute Gasteiger partial charge is 0.0912 e. The van der Waals surface area contributed by atoms with E-state index in [1.54, 1.807) is 0 Å². The fourth-order valence-electron chi connectivity index (χ4n) is 3.41. The van der Waals surface area contributed by atoms with Gasteiger partial charge < -0.3 is 0 Å². The molecule has 0 heteroatoms. The van der Waals surface area contributed by atoms with Crippen LogP contribution in [0.5, 0.6) is 0 Å². The molecule has 0 aromatic heterocycles. The molecule has 0 aliphatic heterocycles. The summed E-state index contributed by atoms with van der Waals surface area (Å²) in [7, 11) is 0. The maximum absolute atomic E-state index is 4.23. The number of hydrogen-bond donors (Lipinski definition) is 0. The quantitative estimate of drug-likeness (QED) is 0.618. The summed E-state index contributed by atoms with van der Waals surface area (Å²) in [5.41, 5.74) is 7.93. The molecule has 1 aliphatic carbocycles. The van der Waals surface area contributed by atoms with Crippen LogP contribution in [0, 0.1) is 0 Å². The van der Waals surface area contributed by atoms with Crippen LogP contribution in [0.1, 0.15) is 37.5 Å². The Morgan fingerprint density at radius 2 is 1.70 bits per heavy atom. The lowest BCUT2D eigenvalue weighted by Gasteiger charge is -2.24. The maximum Gasteiger partial charge on any atom is 0.0165 e. The van der Waals surface area contributed by atoms with Crippen LogP contribution < -0.4 is 0 Å². The van der Waals surface area contributed by atoms with E-state index in [1.165, 1.54) is 27.8 Å². The van der Waals surface area contributed by atoms with Crippen LogP contribution in [-0.4, -0.2) is 0 Å². The SMILES string of the molecule is C=C(/C=C\C)c1cccc2c1C(C)(C)c1ccccc1-2. The topological polar surface area (TPSA) is 0 Å². The zero-order valence-electron chi connectivity index (χ0n) is 12.4. The molecule has 0 N–H and O–H groups in total. The second-order valence-electron chi connectivity index (χ2n) is 5.92. The monoisotopic (exact) mass is 260 g/mol. The molecule has 0 bridgehead atoms. The molecule has 2 aromatic carbocycles. The van der Waals surface area contributed by atoms with Gasteiger partial charge in [-0.2, -0.15) is 0 Å². The molecule has 3 rings (SSSR count). The van der Waals surface area contributed by atoms with Gasteiger partial charge in [0.25, 0.3) is 0 Å². The molecule has 0 spiro atoms. The van der Waals surface area contributed by atoms with Crippen LogP contribution in [0.4, 0.5) is 0 Å². The van der Waals surface area contributed by atoms with Crippen molar-refractivity contribution in [1.29, 1.82) is 0 Å². The second kappa shape index (κ2) is 4.49. The van der Waals surface area contributed by atoms with Crippen molar-refractivity contribution < 1.29 is 0 Å². The normalized spacial score (nSPS) is 15.2. The third-order valence-electron chi connectivity index (χ3n) is 4.29. The van der Waals surface area contributed by atoms with E-state index in [0.717, 1.165) is 5.57 Å². The molecule has 100 valence electrons. The molecule has 0 atom stereocenters. The van der Waals surface area contributed by atoms with E-state index in [9.17, 15) is 0 Å². The Morgan fingerprint density at radius 1 is 1.00 bits per heavy atom. The fourth-order valence-corrected chi connectivity index (χ4v) is 3.41. The molecule has 0 saturated heterocycles. The number of allylic oxidation sites excluding steroid dienone is 3. The van der Waals surface area contributed by atoms with Crippen LogP contribution in [0.25, 0.3) is 16.7 Å². The standard InChI is InChI=1S/C20H20/c1-5-9-14(2)15-11-8-12-17-16-10-6-7-13-18(16)20(3,4)19(15)17/h5-13H,2H2,1,3-4H3/b9-5-. The predicted octanol–water partition coefficient (Wildman–Crippen LogP) is 5.58. The van der Waals surface area contributed by atoms with E-state index in [2.05, 4.69) is 75.0 Å². The molecule has 0 amide bonds. The summed E-state index contributed by atoms with van der Waals surface area (Å²) in [4.78, 5) is 0. The Bertz CT molecular complexity index is 715. The van der Waals surface area contributed by atoms with Gasteiger partial charge in [0, 0.05) is 5.41 Å². The highest BCUT2D eigenvalue weighted by Crippen LogP contribution is 2.50. The molecule has 0 fully saturated rings. The molecular formula is C20H20. The van der Waals surface area contributed by atoms with Crippen LogP contribution in [-0.2, 0) is 5.41 Å². The van der Waals surface area contributed by atoms with Gasteiger partial charge in [-0.3, -0.25) is 0 Å². The van der Waals surface area contributed by atoms with Gasteiger partial charge >= 0.3 is 0 Å². The Morgan fingerprint density at radius 3 is 2.45 bits per heavy atom. The minimum Gasteiger partial charge on any atom is -0.0912 e. The highest BCUT2D eigenvalue weighted by Gasteiger charge is 2.36. The summed E-state index contributed by atoms with van der Waals surface area (Å²) in [6, 6.07) is 15.3. The maximum atomic E-state index is 4.23. The van der Waals surface area contributed by atoms with Gasteiger partial charge in [-0.15, -0.1) is 0 Å². The van der Waals surface area contributed by atoms with Crippen molar-refractivity contribution >= 4 is 5.57 Å². The zero-order valence-corrected chi connectivity index (χ0v) is 12.4. The fraction of sp³-hybridized carbons (Fsp3) is 0.200. The van der Waals surface area contributed by atoms with Crippen molar-refractivity contribution in [3.63, 3.8) is 0 Å². The first-order chi connectivity index (χ1) is 9.57. The van der Waals surface area contributed by atoms with Gasteiger partial charge in [-0.05, 0) is 40.3 Å². The zero-order chi connectivity index (χ0) is 14.3. The molecular weight excluding hydrogens is 240 g/mol. The summed E-state index contributed by atoms with van der Waals surface area (Å²) in [6.07, 6.45) is 4.14. The molecule has 0 radical (unpaired) electrons. The van der Waals surface area contributed by atoms with Crippen molar-refractivity contribution in [2.24, 2.45) is 0 Å². The van der Waals surface area contributed by atoms with Crippen molar-refractivity contribution in [1.82, 2.24) is 0 Å². The van der Waals surface area contributed by atoms with E-state index < -0.39 is 0 Å². The molecule has 0 unspecified atom stereocenters. The minimum absolute atomic E-state index is 0.0348. The smallest absolute Gasteiger partial charge is 0.0165 e. The Balaban J connectivity index is 2.32. The van der Waals surface area contributed by atoms with Gasteiger partial charge in [0.15, 0.2) is 0 Å². The predicted molar refractivity (Wildman–Crippen MR) is 87.9 cm³/mol. The third kappa shape index (κ3) is 1.68. The lowest BCUT2D eigenvalue weighted by atomic mass is 9.79. The summed E-state index contributed by atoms with van der Waals surface area (Å²) < 4.78 is 0. The van der Waals surface area contributed by atoms with Crippen LogP contribution in [0.2, 0.25) is 0 Å². The van der Waals surface area contributed by atoms with Crippen molar-refractivity contribution in [3.05, 3.63) is 77.9 Å². The van der Waals surface area contributed by atoms with E-state index in [4.69, 9.17) is 0 Å². The number of rotatable bonds is 2. The third-order valence-corrected chi connectivity index (χ3v) is 4.29. The van der Waals surface area contributed by atoms with E-state index in [0.29, 0.717) is 0 Å². The molecule has 1 aliphatic rings.